The van der Waals surface area contributed by atoms with Crippen LogP contribution in [0.2, 0.25) is 0 Å². The van der Waals surface area contributed by atoms with Crippen molar-refractivity contribution in [3.05, 3.63) is 45.7 Å². The maximum absolute atomic E-state index is 12.3. The lowest BCUT2D eigenvalue weighted by molar-refractivity contribution is 0.0932. The van der Waals surface area contributed by atoms with Crippen molar-refractivity contribution in [1.29, 1.82) is 0 Å². The zero-order chi connectivity index (χ0) is 16.6. The van der Waals surface area contributed by atoms with E-state index in [1.807, 2.05) is 42.8 Å². The number of nitrogens with zero attached hydrogens (tertiary/aromatic N) is 2. The maximum Gasteiger partial charge on any atom is 0.252 e. The van der Waals surface area contributed by atoms with Crippen LogP contribution in [0.1, 0.15) is 35.1 Å². The first kappa shape index (κ1) is 16.2. The van der Waals surface area contributed by atoms with Crippen LogP contribution in [0.15, 0.2) is 28.7 Å². The summed E-state index contributed by atoms with van der Waals surface area (Å²) >= 11 is 3.53. The number of hydrogen-bond donors (Lipinski definition) is 3. The lowest BCUT2D eigenvalue weighted by Gasteiger charge is -2.12. The van der Waals surface area contributed by atoms with Gasteiger partial charge in [-0.15, -0.1) is 0 Å². The van der Waals surface area contributed by atoms with Crippen LogP contribution in [0.5, 0.6) is 0 Å². The Morgan fingerprint density at radius 1 is 1.30 bits per heavy atom. The Kier molecular flexibility index (Phi) is 4.52. The van der Waals surface area contributed by atoms with E-state index in [4.69, 9.17) is 0 Å². The molecule has 1 fully saturated rings. The van der Waals surface area contributed by atoms with Crippen molar-refractivity contribution in [3.8, 4) is 5.69 Å². The fourth-order valence-corrected chi connectivity index (χ4v) is 2.93. The fourth-order valence-electron chi connectivity index (χ4n) is 2.68. The molecule has 0 spiro atoms. The molecule has 2 atom stereocenters. The van der Waals surface area contributed by atoms with Crippen LogP contribution >= 0.6 is 15.9 Å². The standard InChI is InChI=1S/C16H20BrN5O/c1-9-8-14(20-19-9)18-16(23)12-4-6-13(7-5-12)22-11(3)15(17)10(2)21-22/h4-7,9,14,19-20H,8H2,1-3H3,(H,18,23). The van der Waals surface area contributed by atoms with Gasteiger partial charge in [0.25, 0.3) is 5.91 Å². The molecule has 0 bridgehead atoms. The van der Waals surface area contributed by atoms with Gasteiger partial charge in [0.2, 0.25) is 0 Å². The Morgan fingerprint density at radius 2 is 2.00 bits per heavy atom. The third-order valence-electron chi connectivity index (χ3n) is 3.98. The summed E-state index contributed by atoms with van der Waals surface area (Å²) in [7, 11) is 0. The van der Waals surface area contributed by atoms with Crippen LogP contribution in [0.25, 0.3) is 5.69 Å². The summed E-state index contributed by atoms with van der Waals surface area (Å²) < 4.78 is 2.87. The Bertz CT molecular complexity index is 725. The second-order valence-electron chi connectivity index (χ2n) is 5.89. The number of carbonyl (C=O) groups is 1. The molecule has 1 amide bonds. The van der Waals surface area contributed by atoms with E-state index in [1.165, 1.54) is 0 Å². The molecule has 7 heteroatoms. The Hall–Kier alpha value is -1.70. The van der Waals surface area contributed by atoms with Crippen molar-refractivity contribution < 1.29 is 4.79 Å². The number of benzene rings is 1. The minimum Gasteiger partial charge on any atom is -0.335 e. The van der Waals surface area contributed by atoms with Crippen molar-refractivity contribution in [1.82, 2.24) is 25.9 Å². The van der Waals surface area contributed by atoms with Gasteiger partial charge in [-0.05, 0) is 67.4 Å². The number of aryl methyl sites for hydroxylation is 1. The maximum atomic E-state index is 12.3. The van der Waals surface area contributed by atoms with Crippen molar-refractivity contribution in [2.75, 3.05) is 0 Å². The molecule has 2 unspecified atom stereocenters. The van der Waals surface area contributed by atoms with E-state index in [9.17, 15) is 4.79 Å². The molecule has 0 aliphatic carbocycles. The van der Waals surface area contributed by atoms with Gasteiger partial charge >= 0.3 is 0 Å². The molecule has 2 aromatic rings. The van der Waals surface area contributed by atoms with E-state index in [1.54, 1.807) is 0 Å². The number of aromatic nitrogens is 2. The van der Waals surface area contributed by atoms with Gasteiger partial charge in [-0.2, -0.15) is 5.10 Å². The van der Waals surface area contributed by atoms with Crippen molar-refractivity contribution in [3.63, 3.8) is 0 Å². The molecule has 1 aromatic heterocycles. The smallest absolute Gasteiger partial charge is 0.252 e. The first-order valence-electron chi connectivity index (χ1n) is 7.60. The third-order valence-corrected chi connectivity index (χ3v) is 5.12. The van der Waals surface area contributed by atoms with Gasteiger partial charge in [0.05, 0.1) is 27.7 Å². The molecule has 1 aliphatic rings. The third kappa shape index (κ3) is 3.31. The summed E-state index contributed by atoms with van der Waals surface area (Å²) in [5.41, 5.74) is 9.70. The monoisotopic (exact) mass is 377 g/mol. The van der Waals surface area contributed by atoms with Crippen LogP contribution in [-0.4, -0.2) is 27.9 Å². The van der Waals surface area contributed by atoms with E-state index in [0.717, 1.165) is 28.0 Å². The average Bonchev–Trinajstić information content (AvgIpc) is 3.06. The quantitative estimate of drug-likeness (QED) is 0.766. The minimum atomic E-state index is -0.0838. The van der Waals surface area contributed by atoms with Crippen LogP contribution < -0.4 is 16.2 Å². The molecule has 6 nitrogen and oxygen atoms in total. The Morgan fingerprint density at radius 3 is 2.52 bits per heavy atom. The molecule has 1 saturated heterocycles. The van der Waals surface area contributed by atoms with Gasteiger partial charge in [-0.25, -0.2) is 10.1 Å². The van der Waals surface area contributed by atoms with Gasteiger partial charge in [-0.1, -0.05) is 0 Å². The second-order valence-corrected chi connectivity index (χ2v) is 6.69. The number of amides is 1. The topological polar surface area (TPSA) is 71.0 Å². The largest absolute Gasteiger partial charge is 0.335 e. The molecule has 2 heterocycles. The zero-order valence-corrected chi connectivity index (χ0v) is 14.9. The highest BCUT2D eigenvalue weighted by Crippen LogP contribution is 2.23. The molecular formula is C16H20BrN5O. The highest BCUT2D eigenvalue weighted by Gasteiger charge is 2.22. The molecule has 23 heavy (non-hydrogen) atoms. The number of carbonyl (C=O) groups excluding carboxylic acids is 1. The molecule has 3 N–H and O–H groups in total. The van der Waals surface area contributed by atoms with E-state index >= 15 is 0 Å². The highest BCUT2D eigenvalue weighted by atomic mass is 79.9. The van der Waals surface area contributed by atoms with E-state index < -0.39 is 0 Å². The van der Waals surface area contributed by atoms with E-state index in [-0.39, 0.29) is 12.1 Å². The van der Waals surface area contributed by atoms with Crippen LogP contribution in [0.3, 0.4) is 0 Å². The van der Waals surface area contributed by atoms with Crippen LogP contribution in [0, 0.1) is 13.8 Å². The van der Waals surface area contributed by atoms with E-state index in [0.29, 0.717) is 11.6 Å². The molecular weight excluding hydrogens is 358 g/mol. The van der Waals surface area contributed by atoms with E-state index in [2.05, 4.69) is 44.1 Å². The number of rotatable bonds is 3. The first-order chi connectivity index (χ1) is 11.0. The van der Waals surface area contributed by atoms with Crippen LogP contribution in [-0.2, 0) is 0 Å². The van der Waals surface area contributed by atoms with Gasteiger partial charge in [0.1, 0.15) is 0 Å². The van der Waals surface area contributed by atoms with Crippen LogP contribution in [0.4, 0.5) is 0 Å². The number of halogens is 1. The summed E-state index contributed by atoms with van der Waals surface area (Å²) in [6, 6.07) is 7.81. The fraction of sp³-hybridized carbons (Fsp3) is 0.375. The van der Waals surface area contributed by atoms with Gasteiger partial charge < -0.3 is 5.32 Å². The van der Waals surface area contributed by atoms with Gasteiger partial charge in [0.15, 0.2) is 0 Å². The Balaban J connectivity index is 1.74. The summed E-state index contributed by atoms with van der Waals surface area (Å²) in [5.74, 6) is -0.0838. The predicted octanol–water partition coefficient (Wildman–Crippen LogP) is 2.19. The van der Waals surface area contributed by atoms with Crippen molar-refractivity contribution >= 4 is 21.8 Å². The molecule has 0 radical (unpaired) electrons. The summed E-state index contributed by atoms with van der Waals surface area (Å²) in [4.78, 5) is 12.3. The predicted molar refractivity (Wildman–Crippen MR) is 92.3 cm³/mol. The zero-order valence-electron chi connectivity index (χ0n) is 13.4. The molecule has 1 aromatic carbocycles. The lowest BCUT2D eigenvalue weighted by atomic mass is 10.1. The molecule has 3 rings (SSSR count). The molecule has 1 aliphatic heterocycles. The number of hydrazine groups is 1. The Labute approximate surface area is 143 Å². The molecule has 0 saturated carbocycles. The first-order valence-corrected chi connectivity index (χ1v) is 8.39. The molecule has 122 valence electrons. The average molecular weight is 378 g/mol. The number of nitrogens with one attached hydrogen (secondary N) is 3. The van der Waals surface area contributed by atoms with Gasteiger partial charge in [-0.3, -0.25) is 10.2 Å². The highest BCUT2D eigenvalue weighted by molar-refractivity contribution is 9.10. The normalized spacial score (nSPS) is 20.7. The van der Waals surface area contributed by atoms with Crippen molar-refractivity contribution in [2.24, 2.45) is 0 Å². The lowest BCUT2D eigenvalue weighted by Crippen LogP contribution is -2.44. The van der Waals surface area contributed by atoms with Gasteiger partial charge in [0, 0.05) is 11.6 Å². The van der Waals surface area contributed by atoms with Crippen molar-refractivity contribution in [2.45, 2.75) is 39.4 Å². The minimum absolute atomic E-state index is 0.0378. The summed E-state index contributed by atoms with van der Waals surface area (Å²) in [5, 5.41) is 7.46. The summed E-state index contributed by atoms with van der Waals surface area (Å²) in [6.07, 6.45) is 0.827. The second kappa shape index (κ2) is 6.43. The summed E-state index contributed by atoms with van der Waals surface area (Å²) in [6.45, 7) is 6.03. The number of hydrogen-bond acceptors (Lipinski definition) is 4. The SMILES string of the molecule is Cc1nn(-c2ccc(C(=O)NC3CC(C)NN3)cc2)c(C)c1Br.